The Balaban J connectivity index is 2.77. The van der Waals surface area contributed by atoms with Crippen LogP contribution in [-0.2, 0) is 10.9 Å². The van der Waals surface area contributed by atoms with Gasteiger partial charge in [-0.15, -0.1) is 0 Å². The maximum absolute atomic E-state index is 12.4. The molecule has 0 aliphatic carbocycles. The van der Waals surface area contributed by atoms with Crippen molar-refractivity contribution in [3.8, 4) is 0 Å². The fraction of sp³-hybridized carbons (Fsp3) is 0.417. The average molecular weight is 261 g/mol. The van der Waals surface area contributed by atoms with Crippen molar-refractivity contribution < 1.29 is 22.7 Å². The van der Waals surface area contributed by atoms with Gasteiger partial charge in [-0.2, -0.15) is 13.2 Å². The van der Waals surface area contributed by atoms with Crippen molar-refractivity contribution in [3.05, 3.63) is 29.8 Å². The van der Waals surface area contributed by atoms with E-state index in [-0.39, 0.29) is 5.69 Å². The summed E-state index contributed by atoms with van der Waals surface area (Å²) >= 11 is 0. The summed E-state index contributed by atoms with van der Waals surface area (Å²) in [4.78, 5) is 11.4. The monoisotopic (exact) mass is 261 g/mol. The summed E-state index contributed by atoms with van der Waals surface area (Å²) in [6.07, 6.45) is -5.23. The van der Waals surface area contributed by atoms with Crippen LogP contribution in [0.25, 0.3) is 0 Å². The van der Waals surface area contributed by atoms with Crippen molar-refractivity contribution >= 4 is 11.8 Å². The number of amides is 1. The number of rotatable bonds is 1. The molecule has 18 heavy (non-hydrogen) atoms. The lowest BCUT2D eigenvalue weighted by Crippen LogP contribution is -2.27. The number of hydrogen-bond acceptors (Lipinski definition) is 2. The van der Waals surface area contributed by atoms with Gasteiger partial charge < -0.3 is 4.74 Å². The first-order valence-corrected chi connectivity index (χ1v) is 5.25. The SMILES string of the molecule is CC(C)(C)OC(=O)Nc1cccc(C(F)(F)F)c1. The van der Waals surface area contributed by atoms with E-state index in [2.05, 4.69) is 5.32 Å². The lowest BCUT2D eigenvalue weighted by molar-refractivity contribution is -0.137. The first-order valence-electron chi connectivity index (χ1n) is 5.25. The van der Waals surface area contributed by atoms with Crippen LogP contribution in [0.5, 0.6) is 0 Å². The quantitative estimate of drug-likeness (QED) is 0.828. The fourth-order valence-corrected chi connectivity index (χ4v) is 1.19. The van der Waals surface area contributed by atoms with Gasteiger partial charge >= 0.3 is 12.3 Å². The summed E-state index contributed by atoms with van der Waals surface area (Å²) in [6, 6.07) is 4.36. The molecule has 0 heterocycles. The fourth-order valence-electron chi connectivity index (χ4n) is 1.19. The van der Waals surface area contributed by atoms with Crippen molar-refractivity contribution in [1.29, 1.82) is 0 Å². The summed E-state index contributed by atoms with van der Waals surface area (Å²) in [6.45, 7) is 5.00. The topological polar surface area (TPSA) is 38.3 Å². The second kappa shape index (κ2) is 4.88. The number of alkyl halides is 3. The van der Waals surface area contributed by atoms with E-state index >= 15 is 0 Å². The summed E-state index contributed by atoms with van der Waals surface area (Å²) in [5, 5.41) is 2.25. The molecule has 0 atom stereocenters. The molecule has 1 aromatic rings. The molecule has 0 spiro atoms. The zero-order chi connectivity index (χ0) is 14.0. The van der Waals surface area contributed by atoms with E-state index in [4.69, 9.17) is 4.74 Å². The second-order valence-electron chi connectivity index (χ2n) is 4.71. The number of benzene rings is 1. The molecular formula is C12H14F3NO2. The average Bonchev–Trinajstić information content (AvgIpc) is 2.13. The number of anilines is 1. The summed E-state index contributed by atoms with van der Waals surface area (Å²) < 4.78 is 42.2. The predicted octanol–water partition coefficient (Wildman–Crippen LogP) is 4.05. The normalized spacial score (nSPS) is 12.1. The smallest absolute Gasteiger partial charge is 0.416 e. The van der Waals surface area contributed by atoms with E-state index in [0.717, 1.165) is 12.1 Å². The summed E-state index contributed by atoms with van der Waals surface area (Å²) in [5.41, 5.74) is -1.48. The van der Waals surface area contributed by atoms with Gasteiger partial charge in [0.15, 0.2) is 0 Å². The molecule has 0 saturated heterocycles. The molecule has 1 aromatic carbocycles. The van der Waals surface area contributed by atoms with Crippen LogP contribution in [0.2, 0.25) is 0 Å². The Morgan fingerprint density at radius 2 is 1.83 bits per heavy atom. The van der Waals surface area contributed by atoms with Crippen molar-refractivity contribution in [1.82, 2.24) is 0 Å². The molecule has 3 nitrogen and oxygen atoms in total. The van der Waals surface area contributed by atoms with Crippen LogP contribution in [0.1, 0.15) is 26.3 Å². The zero-order valence-electron chi connectivity index (χ0n) is 10.3. The maximum Gasteiger partial charge on any atom is 0.416 e. The van der Waals surface area contributed by atoms with Crippen LogP contribution in [0, 0.1) is 0 Å². The van der Waals surface area contributed by atoms with E-state index in [1.165, 1.54) is 12.1 Å². The van der Waals surface area contributed by atoms with Crippen molar-refractivity contribution in [2.75, 3.05) is 5.32 Å². The standard InChI is InChI=1S/C12H14F3NO2/c1-11(2,3)18-10(17)16-9-6-4-5-8(7-9)12(13,14)15/h4-7H,1-3H3,(H,16,17). The van der Waals surface area contributed by atoms with Crippen molar-refractivity contribution in [2.45, 2.75) is 32.5 Å². The molecule has 6 heteroatoms. The van der Waals surface area contributed by atoms with Crippen LogP contribution in [-0.4, -0.2) is 11.7 Å². The van der Waals surface area contributed by atoms with Gasteiger partial charge in [0, 0.05) is 5.69 Å². The molecule has 0 radical (unpaired) electrons. The molecule has 0 aromatic heterocycles. The second-order valence-corrected chi connectivity index (χ2v) is 4.71. The number of ether oxygens (including phenoxy) is 1. The predicted molar refractivity (Wildman–Crippen MR) is 61.3 cm³/mol. The lowest BCUT2D eigenvalue weighted by Gasteiger charge is -2.19. The Labute approximate surface area is 103 Å². The third-order valence-electron chi connectivity index (χ3n) is 1.84. The summed E-state index contributed by atoms with van der Waals surface area (Å²) in [7, 11) is 0. The largest absolute Gasteiger partial charge is 0.444 e. The number of hydrogen-bond donors (Lipinski definition) is 1. The number of carbonyl (C=O) groups is 1. The van der Waals surface area contributed by atoms with E-state index in [9.17, 15) is 18.0 Å². The van der Waals surface area contributed by atoms with Crippen molar-refractivity contribution in [2.24, 2.45) is 0 Å². The van der Waals surface area contributed by atoms with E-state index in [0.29, 0.717) is 0 Å². The third-order valence-corrected chi connectivity index (χ3v) is 1.84. The number of halogens is 3. The Morgan fingerprint density at radius 3 is 2.33 bits per heavy atom. The minimum atomic E-state index is -4.44. The van der Waals surface area contributed by atoms with Crippen LogP contribution in [0.15, 0.2) is 24.3 Å². The Morgan fingerprint density at radius 1 is 1.22 bits per heavy atom. The Bertz CT molecular complexity index is 436. The highest BCUT2D eigenvalue weighted by molar-refractivity contribution is 5.84. The van der Waals surface area contributed by atoms with E-state index in [1.807, 2.05) is 0 Å². The van der Waals surface area contributed by atoms with Crippen LogP contribution in [0.4, 0.5) is 23.7 Å². The lowest BCUT2D eigenvalue weighted by atomic mass is 10.2. The molecule has 0 saturated carbocycles. The van der Waals surface area contributed by atoms with Gasteiger partial charge in [-0.3, -0.25) is 5.32 Å². The highest BCUT2D eigenvalue weighted by Gasteiger charge is 2.30. The first-order chi connectivity index (χ1) is 8.08. The number of carbonyl (C=O) groups excluding carboxylic acids is 1. The van der Waals surface area contributed by atoms with Crippen LogP contribution >= 0.6 is 0 Å². The first kappa shape index (κ1) is 14.3. The van der Waals surface area contributed by atoms with Gasteiger partial charge in [-0.1, -0.05) is 6.07 Å². The highest BCUT2D eigenvalue weighted by Crippen LogP contribution is 2.30. The molecule has 100 valence electrons. The van der Waals surface area contributed by atoms with Crippen molar-refractivity contribution in [3.63, 3.8) is 0 Å². The van der Waals surface area contributed by atoms with Gasteiger partial charge in [0.1, 0.15) is 5.60 Å². The Kier molecular flexibility index (Phi) is 3.88. The minimum absolute atomic E-state index is 0.0408. The molecule has 0 bridgehead atoms. The van der Waals surface area contributed by atoms with Gasteiger partial charge in [0.05, 0.1) is 5.56 Å². The molecule has 1 N–H and O–H groups in total. The molecule has 0 aliphatic rings. The zero-order valence-corrected chi connectivity index (χ0v) is 10.3. The minimum Gasteiger partial charge on any atom is -0.444 e. The van der Waals surface area contributed by atoms with Gasteiger partial charge in [-0.05, 0) is 39.0 Å². The van der Waals surface area contributed by atoms with E-state index in [1.54, 1.807) is 20.8 Å². The Hall–Kier alpha value is -1.72. The molecular weight excluding hydrogens is 247 g/mol. The molecule has 1 amide bonds. The van der Waals surface area contributed by atoms with E-state index < -0.39 is 23.4 Å². The van der Waals surface area contributed by atoms with Crippen LogP contribution < -0.4 is 5.32 Å². The van der Waals surface area contributed by atoms with Gasteiger partial charge in [0.2, 0.25) is 0 Å². The van der Waals surface area contributed by atoms with Crippen LogP contribution in [0.3, 0.4) is 0 Å². The molecule has 0 unspecified atom stereocenters. The highest BCUT2D eigenvalue weighted by atomic mass is 19.4. The van der Waals surface area contributed by atoms with Gasteiger partial charge in [0.25, 0.3) is 0 Å². The third kappa shape index (κ3) is 4.65. The van der Waals surface area contributed by atoms with Gasteiger partial charge in [-0.25, -0.2) is 4.79 Å². The molecule has 0 aliphatic heterocycles. The maximum atomic E-state index is 12.4. The molecule has 0 fully saturated rings. The number of nitrogens with one attached hydrogen (secondary N) is 1. The molecule has 1 rings (SSSR count). The summed E-state index contributed by atoms with van der Waals surface area (Å²) in [5.74, 6) is 0.